The van der Waals surface area contributed by atoms with E-state index in [-0.39, 0.29) is 5.41 Å². The first kappa shape index (κ1) is 12.2. The zero-order chi connectivity index (χ0) is 10.5. The van der Waals surface area contributed by atoms with Gasteiger partial charge in [0.25, 0.3) is 0 Å². The lowest BCUT2D eigenvalue weighted by atomic mass is 9.80. The van der Waals surface area contributed by atoms with Gasteiger partial charge in [0.1, 0.15) is 0 Å². The summed E-state index contributed by atoms with van der Waals surface area (Å²) in [6.07, 6.45) is 4.31. The molecule has 2 heteroatoms. The Morgan fingerprint density at radius 3 is 2.31 bits per heavy atom. The SMILES string of the molecule is C=C(C(=O)O)C(C)(C)CCCCC. The van der Waals surface area contributed by atoms with Gasteiger partial charge in [-0.05, 0) is 11.8 Å². The van der Waals surface area contributed by atoms with Crippen LogP contribution in [0.5, 0.6) is 0 Å². The van der Waals surface area contributed by atoms with Gasteiger partial charge in [-0.25, -0.2) is 4.79 Å². The maximum absolute atomic E-state index is 10.7. The second-order valence-corrected chi connectivity index (χ2v) is 4.12. The number of carboxylic acid groups (broad SMARTS) is 1. The first-order chi connectivity index (χ1) is 5.91. The van der Waals surface area contributed by atoms with Crippen LogP contribution < -0.4 is 0 Å². The molecule has 0 unspecified atom stereocenters. The third-order valence-corrected chi connectivity index (χ3v) is 2.48. The van der Waals surface area contributed by atoms with Crippen molar-refractivity contribution in [2.45, 2.75) is 46.5 Å². The molecular formula is C11H20O2. The molecule has 76 valence electrons. The van der Waals surface area contributed by atoms with Crippen LogP contribution in [-0.2, 0) is 4.79 Å². The zero-order valence-corrected chi connectivity index (χ0v) is 8.89. The number of rotatable bonds is 6. The van der Waals surface area contributed by atoms with Gasteiger partial charge in [0.2, 0.25) is 0 Å². The molecule has 0 saturated carbocycles. The summed E-state index contributed by atoms with van der Waals surface area (Å²) in [5, 5.41) is 8.77. The molecule has 2 nitrogen and oxygen atoms in total. The normalized spacial score (nSPS) is 11.3. The van der Waals surface area contributed by atoms with E-state index in [1.807, 2.05) is 13.8 Å². The molecule has 0 aliphatic rings. The number of hydrogen-bond acceptors (Lipinski definition) is 1. The lowest BCUT2D eigenvalue weighted by molar-refractivity contribution is -0.133. The predicted octanol–water partition coefficient (Wildman–Crippen LogP) is 3.23. The molecule has 0 aliphatic carbocycles. The Balaban J connectivity index is 4.06. The largest absolute Gasteiger partial charge is 0.478 e. The minimum Gasteiger partial charge on any atom is -0.478 e. The van der Waals surface area contributed by atoms with Crippen LogP contribution in [0.15, 0.2) is 12.2 Å². The van der Waals surface area contributed by atoms with Gasteiger partial charge in [0, 0.05) is 5.57 Å². The van der Waals surface area contributed by atoms with E-state index >= 15 is 0 Å². The van der Waals surface area contributed by atoms with Crippen LogP contribution in [0.25, 0.3) is 0 Å². The highest BCUT2D eigenvalue weighted by molar-refractivity contribution is 5.87. The summed E-state index contributed by atoms with van der Waals surface area (Å²) in [6, 6.07) is 0. The number of carbonyl (C=O) groups is 1. The highest BCUT2D eigenvalue weighted by Gasteiger charge is 2.25. The molecule has 0 heterocycles. The molecule has 13 heavy (non-hydrogen) atoms. The van der Waals surface area contributed by atoms with Crippen molar-refractivity contribution in [1.29, 1.82) is 0 Å². The Hall–Kier alpha value is -0.790. The number of unbranched alkanes of at least 4 members (excludes halogenated alkanes) is 2. The maximum atomic E-state index is 10.7. The minimum atomic E-state index is -0.874. The van der Waals surface area contributed by atoms with Crippen LogP contribution in [0, 0.1) is 5.41 Å². The van der Waals surface area contributed by atoms with Crippen molar-refractivity contribution >= 4 is 5.97 Å². The van der Waals surface area contributed by atoms with Gasteiger partial charge >= 0.3 is 5.97 Å². The first-order valence-corrected chi connectivity index (χ1v) is 4.84. The fourth-order valence-corrected chi connectivity index (χ4v) is 1.26. The molecule has 0 fully saturated rings. The Kier molecular flexibility index (Phi) is 4.74. The molecule has 0 aliphatic heterocycles. The van der Waals surface area contributed by atoms with Crippen molar-refractivity contribution in [1.82, 2.24) is 0 Å². The lowest BCUT2D eigenvalue weighted by Crippen LogP contribution is -2.20. The third-order valence-electron chi connectivity index (χ3n) is 2.48. The van der Waals surface area contributed by atoms with Crippen LogP contribution in [0.2, 0.25) is 0 Å². The number of carboxylic acids is 1. The molecule has 0 atom stereocenters. The van der Waals surface area contributed by atoms with Crippen LogP contribution in [0.1, 0.15) is 46.5 Å². The summed E-state index contributed by atoms with van der Waals surface area (Å²) < 4.78 is 0. The standard InChI is InChI=1S/C11H20O2/c1-5-6-7-8-11(3,4)9(2)10(12)13/h2,5-8H2,1,3-4H3,(H,12,13). The van der Waals surface area contributed by atoms with Crippen molar-refractivity contribution in [2.24, 2.45) is 5.41 Å². The first-order valence-electron chi connectivity index (χ1n) is 4.84. The van der Waals surface area contributed by atoms with Crippen LogP contribution in [-0.4, -0.2) is 11.1 Å². The van der Waals surface area contributed by atoms with Crippen LogP contribution in [0.4, 0.5) is 0 Å². The molecule has 0 amide bonds. The Bertz CT molecular complexity index is 192. The van der Waals surface area contributed by atoms with E-state index in [1.165, 1.54) is 0 Å². The molecule has 0 saturated heterocycles. The monoisotopic (exact) mass is 184 g/mol. The second kappa shape index (κ2) is 5.05. The van der Waals surface area contributed by atoms with Gasteiger partial charge < -0.3 is 5.11 Å². The predicted molar refractivity (Wildman–Crippen MR) is 54.7 cm³/mol. The fraction of sp³-hybridized carbons (Fsp3) is 0.727. The van der Waals surface area contributed by atoms with Crippen molar-refractivity contribution in [3.8, 4) is 0 Å². The highest BCUT2D eigenvalue weighted by Crippen LogP contribution is 2.31. The highest BCUT2D eigenvalue weighted by atomic mass is 16.4. The lowest BCUT2D eigenvalue weighted by Gasteiger charge is -2.24. The average molecular weight is 184 g/mol. The van der Waals surface area contributed by atoms with Crippen molar-refractivity contribution in [3.63, 3.8) is 0 Å². The topological polar surface area (TPSA) is 37.3 Å². The fourth-order valence-electron chi connectivity index (χ4n) is 1.26. The Morgan fingerprint density at radius 2 is 1.92 bits per heavy atom. The average Bonchev–Trinajstić information content (AvgIpc) is 2.03. The summed E-state index contributed by atoms with van der Waals surface area (Å²) in [5.74, 6) is -0.874. The second-order valence-electron chi connectivity index (χ2n) is 4.12. The summed E-state index contributed by atoms with van der Waals surface area (Å²) in [5.41, 5.74) is 0.0599. The molecule has 0 spiro atoms. The van der Waals surface area contributed by atoms with Crippen molar-refractivity contribution in [2.75, 3.05) is 0 Å². The summed E-state index contributed by atoms with van der Waals surface area (Å²) >= 11 is 0. The number of hydrogen-bond donors (Lipinski definition) is 1. The van der Waals surface area contributed by atoms with Crippen LogP contribution >= 0.6 is 0 Å². The van der Waals surface area contributed by atoms with Crippen molar-refractivity contribution < 1.29 is 9.90 Å². The van der Waals surface area contributed by atoms with E-state index in [9.17, 15) is 4.79 Å². The van der Waals surface area contributed by atoms with E-state index in [4.69, 9.17) is 5.11 Å². The van der Waals surface area contributed by atoms with E-state index < -0.39 is 5.97 Å². The van der Waals surface area contributed by atoms with Gasteiger partial charge in [-0.2, -0.15) is 0 Å². The van der Waals surface area contributed by atoms with Gasteiger partial charge in [-0.3, -0.25) is 0 Å². The molecule has 0 bridgehead atoms. The quantitative estimate of drug-likeness (QED) is 0.508. The molecule has 0 aromatic carbocycles. The molecule has 0 aromatic rings. The molecule has 1 N–H and O–H groups in total. The summed E-state index contributed by atoms with van der Waals surface area (Å²) in [6.45, 7) is 9.63. The number of aliphatic carboxylic acids is 1. The van der Waals surface area contributed by atoms with E-state index in [2.05, 4.69) is 13.5 Å². The third kappa shape index (κ3) is 4.11. The van der Waals surface area contributed by atoms with Crippen LogP contribution in [0.3, 0.4) is 0 Å². The van der Waals surface area contributed by atoms with Gasteiger partial charge in [0.05, 0.1) is 0 Å². The van der Waals surface area contributed by atoms with E-state index in [1.54, 1.807) is 0 Å². The molecular weight excluding hydrogens is 164 g/mol. The Morgan fingerprint density at radius 1 is 1.38 bits per heavy atom. The molecule has 0 rings (SSSR count). The molecule has 0 radical (unpaired) electrons. The van der Waals surface area contributed by atoms with Gasteiger partial charge in [-0.1, -0.05) is 46.6 Å². The van der Waals surface area contributed by atoms with Crippen molar-refractivity contribution in [3.05, 3.63) is 12.2 Å². The smallest absolute Gasteiger partial charge is 0.331 e. The minimum absolute atomic E-state index is 0.263. The van der Waals surface area contributed by atoms with E-state index in [0.29, 0.717) is 5.57 Å². The summed E-state index contributed by atoms with van der Waals surface area (Å²) in [4.78, 5) is 10.7. The van der Waals surface area contributed by atoms with Gasteiger partial charge in [0.15, 0.2) is 0 Å². The summed E-state index contributed by atoms with van der Waals surface area (Å²) in [7, 11) is 0. The zero-order valence-electron chi connectivity index (χ0n) is 8.89. The molecule has 0 aromatic heterocycles. The van der Waals surface area contributed by atoms with E-state index in [0.717, 1.165) is 25.7 Å². The van der Waals surface area contributed by atoms with Gasteiger partial charge in [-0.15, -0.1) is 0 Å². The maximum Gasteiger partial charge on any atom is 0.331 e. The Labute approximate surface area is 80.7 Å².